The molecule has 3 N–H and O–H groups in total. The van der Waals surface area contributed by atoms with Crippen molar-refractivity contribution in [2.45, 2.75) is 56.4 Å². The Hall–Kier alpha value is -3.55. The highest BCUT2D eigenvalue weighted by Gasteiger charge is 2.40. The van der Waals surface area contributed by atoms with Gasteiger partial charge in [-0.3, -0.25) is 14.6 Å². The van der Waals surface area contributed by atoms with Crippen LogP contribution in [0.1, 0.15) is 48.3 Å². The van der Waals surface area contributed by atoms with Crippen molar-refractivity contribution in [3.63, 3.8) is 0 Å². The molecule has 1 aromatic rings. The summed E-state index contributed by atoms with van der Waals surface area (Å²) in [6.45, 7) is 6.85. The molecule has 5 rings (SSSR count). The van der Waals surface area contributed by atoms with Crippen molar-refractivity contribution in [3.8, 4) is 11.8 Å². The summed E-state index contributed by atoms with van der Waals surface area (Å²) in [4.78, 5) is 33.7. The van der Waals surface area contributed by atoms with Gasteiger partial charge < -0.3 is 25.6 Å². The van der Waals surface area contributed by atoms with E-state index < -0.39 is 5.91 Å². The molecule has 11 heteroatoms. The standard InChI is InChI=1S/C27H32ClN7O3/c1-4-24(36)33-13-18(11-19(33)14-38-3)35-27(30-5-2)25(26(29)37)21(32-35)9-6-16-10-22-23(12-20(16)28)34(15-31-22)17-7-8-17/h4,10,12,15,17-19,22-23,30H,1,5,7-8,11,13-14H2,2-3H3,(H2,29,37)/t18-,19+,22?,23?/m0/s1. The third-order valence-corrected chi connectivity index (χ3v) is 7.65. The second kappa shape index (κ2) is 10.7. The van der Waals surface area contributed by atoms with E-state index in [-0.39, 0.29) is 41.3 Å². The maximum Gasteiger partial charge on any atom is 0.255 e. The van der Waals surface area contributed by atoms with Gasteiger partial charge in [-0.25, -0.2) is 4.68 Å². The lowest BCUT2D eigenvalue weighted by Gasteiger charge is -2.27. The number of rotatable bonds is 8. The fourth-order valence-electron chi connectivity index (χ4n) is 5.41. The summed E-state index contributed by atoms with van der Waals surface area (Å²) in [5, 5.41) is 8.49. The third-order valence-electron chi connectivity index (χ3n) is 7.32. The maximum absolute atomic E-state index is 12.6. The Bertz CT molecular complexity index is 1300. The zero-order valence-corrected chi connectivity index (χ0v) is 22.3. The minimum atomic E-state index is -0.637. The fraction of sp³-hybridized carbons (Fsp3) is 0.481. The Kier molecular flexibility index (Phi) is 7.32. The lowest BCUT2D eigenvalue weighted by atomic mass is 9.98. The number of carbonyl (C=O) groups is 2. The Balaban J connectivity index is 1.47. The number of fused-ring (bicyclic) bond motifs is 1. The molecule has 2 aliphatic carbocycles. The topological polar surface area (TPSA) is 118 Å². The fourth-order valence-corrected chi connectivity index (χ4v) is 5.65. The summed E-state index contributed by atoms with van der Waals surface area (Å²) in [7, 11) is 1.60. The molecule has 10 nitrogen and oxygen atoms in total. The minimum Gasteiger partial charge on any atom is -0.383 e. The molecule has 2 aliphatic heterocycles. The molecule has 0 radical (unpaired) electrons. The van der Waals surface area contributed by atoms with E-state index in [0.717, 1.165) is 0 Å². The number of hydrogen-bond donors (Lipinski definition) is 2. The second-order valence-electron chi connectivity index (χ2n) is 9.87. The van der Waals surface area contributed by atoms with Crippen LogP contribution in [0.4, 0.5) is 5.82 Å². The van der Waals surface area contributed by atoms with Gasteiger partial charge in [-0.2, -0.15) is 5.10 Å². The van der Waals surface area contributed by atoms with Gasteiger partial charge in [0.1, 0.15) is 11.4 Å². The summed E-state index contributed by atoms with van der Waals surface area (Å²) in [5.41, 5.74) is 6.92. The number of nitrogens with two attached hydrogens (primary N) is 1. The number of halogens is 1. The van der Waals surface area contributed by atoms with Crippen LogP contribution in [-0.4, -0.2) is 88.7 Å². The van der Waals surface area contributed by atoms with Gasteiger partial charge in [0.15, 0.2) is 5.69 Å². The van der Waals surface area contributed by atoms with Crippen molar-refractivity contribution in [3.05, 3.63) is 46.7 Å². The zero-order chi connectivity index (χ0) is 27.0. The van der Waals surface area contributed by atoms with Gasteiger partial charge in [0.25, 0.3) is 5.91 Å². The molecule has 1 aromatic heterocycles. The van der Waals surface area contributed by atoms with Crippen LogP contribution in [0.2, 0.25) is 0 Å². The van der Waals surface area contributed by atoms with Crippen molar-refractivity contribution in [2.75, 3.05) is 32.1 Å². The van der Waals surface area contributed by atoms with Crippen LogP contribution < -0.4 is 11.1 Å². The Morgan fingerprint density at radius 3 is 2.76 bits per heavy atom. The molecular weight excluding hydrogens is 506 g/mol. The smallest absolute Gasteiger partial charge is 0.255 e. The maximum atomic E-state index is 12.6. The van der Waals surface area contributed by atoms with E-state index in [2.05, 4.69) is 33.6 Å². The van der Waals surface area contributed by atoms with Crippen LogP contribution >= 0.6 is 11.6 Å². The van der Waals surface area contributed by atoms with Gasteiger partial charge in [0.05, 0.1) is 42.1 Å². The molecule has 2 unspecified atom stereocenters. The van der Waals surface area contributed by atoms with E-state index in [0.29, 0.717) is 48.6 Å². The zero-order valence-electron chi connectivity index (χ0n) is 21.6. The number of anilines is 1. The Labute approximate surface area is 227 Å². The molecule has 1 saturated heterocycles. The van der Waals surface area contributed by atoms with E-state index in [1.807, 2.05) is 25.4 Å². The lowest BCUT2D eigenvalue weighted by molar-refractivity contribution is -0.127. The van der Waals surface area contributed by atoms with Gasteiger partial charge in [0, 0.05) is 31.8 Å². The molecule has 0 bridgehead atoms. The predicted molar refractivity (Wildman–Crippen MR) is 146 cm³/mol. The highest BCUT2D eigenvalue weighted by Crippen LogP contribution is 2.36. The SMILES string of the molecule is C=CC(=O)N1C[C@@H](n2nc(C#CC3=CC4N=CN(C5CC5)C4C=C3Cl)c(C(N)=O)c2NCC)C[C@@H]1COC. The average Bonchev–Trinajstić information content (AvgIpc) is 3.36. The van der Waals surface area contributed by atoms with Crippen LogP contribution in [0.25, 0.3) is 0 Å². The van der Waals surface area contributed by atoms with E-state index in [9.17, 15) is 9.59 Å². The molecule has 0 spiro atoms. The second-order valence-corrected chi connectivity index (χ2v) is 10.3. The summed E-state index contributed by atoms with van der Waals surface area (Å²) in [5.74, 6) is 5.81. The first-order chi connectivity index (χ1) is 18.4. The summed E-state index contributed by atoms with van der Waals surface area (Å²) < 4.78 is 7.07. The van der Waals surface area contributed by atoms with Crippen LogP contribution in [0, 0.1) is 11.8 Å². The van der Waals surface area contributed by atoms with Gasteiger partial charge in [-0.15, -0.1) is 0 Å². The molecule has 1 saturated carbocycles. The van der Waals surface area contributed by atoms with Crippen LogP contribution in [0.3, 0.4) is 0 Å². The number of amides is 2. The van der Waals surface area contributed by atoms with Gasteiger partial charge in [0.2, 0.25) is 5.91 Å². The summed E-state index contributed by atoms with van der Waals surface area (Å²) in [6, 6.07) is 0.259. The number of allylic oxidation sites excluding steroid dienone is 2. The molecule has 2 fully saturated rings. The number of nitrogens with zero attached hydrogens (tertiary/aromatic N) is 5. The average molecular weight is 538 g/mol. The van der Waals surface area contributed by atoms with Crippen LogP contribution in [0.5, 0.6) is 0 Å². The molecule has 3 heterocycles. The number of ether oxygens (including phenoxy) is 1. The minimum absolute atomic E-state index is 0.0440. The first-order valence-electron chi connectivity index (χ1n) is 12.9. The van der Waals surface area contributed by atoms with Gasteiger partial charge >= 0.3 is 0 Å². The lowest BCUT2D eigenvalue weighted by Crippen LogP contribution is -2.37. The Morgan fingerprint density at radius 1 is 1.32 bits per heavy atom. The number of nitrogens with one attached hydrogen (secondary N) is 1. The van der Waals surface area contributed by atoms with Gasteiger partial charge in [-0.05, 0) is 50.3 Å². The predicted octanol–water partition coefficient (Wildman–Crippen LogP) is 2.05. The van der Waals surface area contributed by atoms with Crippen molar-refractivity contribution in [2.24, 2.45) is 10.7 Å². The first-order valence-corrected chi connectivity index (χ1v) is 13.2. The van der Waals surface area contributed by atoms with Crippen LogP contribution in [-0.2, 0) is 9.53 Å². The van der Waals surface area contributed by atoms with E-state index >= 15 is 0 Å². The molecule has 200 valence electrons. The number of hydrogen-bond acceptors (Lipinski definition) is 7. The molecule has 4 atom stereocenters. The largest absolute Gasteiger partial charge is 0.383 e. The number of primary amides is 1. The number of carbonyl (C=O) groups excluding carboxylic acids is 2. The van der Waals surface area contributed by atoms with E-state index in [4.69, 9.17) is 27.2 Å². The quantitative estimate of drug-likeness (QED) is 0.387. The highest BCUT2D eigenvalue weighted by molar-refractivity contribution is 6.32. The van der Waals surface area contributed by atoms with Crippen LogP contribution in [0.15, 0.2) is 40.4 Å². The summed E-state index contributed by atoms with van der Waals surface area (Å²) >= 11 is 6.62. The molecular formula is C27H32ClN7O3. The van der Waals surface area contributed by atoms with Crippen molar-refractivity contribution >= 4 is 35.6 Å². The molecule has 38 heavy (non-hydrogen) atoms. The monoisotopic (exact) mass is 537 g/mol. The highest BCUT2D eigenvalue weighted by atomic mass is 35.5. The Morgan fingerprint density at radius 2 is 2.11 bits per heavy atom. The molecule has 0 aromatic carbocycles. The van der Waals surface area contributed by atoms with E-state index in [1.54, 1.807) is 16.7 Å². The van der Waals surface area contributed by atoms with Crippen molar-refractivity contribution < 1.29 is 14.3 Å². The molecule has 4 aliphatic rings. The normalized spacial score (nSPS) is 25.9. The number of methoxy groups -OCH3 is 1. The summed E-state index contributed by atoms with van der Waals surface area (Å²) in [6.07, 6.45) is 10.1. The number of aromatic nitrogens is 2. The first kappa shape index (κ1) is 26.1. The molecule has 2 amide bonds. The van der Waals surface area contributed by atoms with Crippen molar-refractivity contribution in [1.29, 1.82) is 0 Å². The van der Waals surface area contributed by atoms with E-state index in [1.165, 1.54) is 18.9 Å². The third kappa shape index (κ3) is 4.84. The number of aliphatic imine (C=N–C) groups is 1. The number of likely N-dealkylation sites (tertiary alicyclic amines) is 1. The van der Waals surface area contributed by atoms with Crippen molar-refractivity contribution in [1.82, 2.24) is 19.6 Å². The van der Waals surface area contributed by atoms with Gasteiger partial charge in [-0.1, -0.05) is 24.1 Å².